The summed E-state index contributed by atoms with van der Waals surface area (Å²) in [5.41, 5.74) is 1.18. The first-order valence-electron chi connectivity index (χ1n) is 6.18. The predicted octanol–water partition coefficient (Wildman–Crippen LogP) is 2.58. The lowest BCUT2D eigenvalue weighted by molar-refractivity contribution is 0.468. The summed E-state index contributed by atoms with van der Waals surface area (Å²) in [6, 6.07) is 8.63. The molecular formula is C13H17BrN4O. The van der Waals surface area contributed by atoms with Gasteiger partial charge in [0.2, 0.25) is 5.89 Å². The molecule has 19 heavy (non-hydrogen) atoms. The van der Waals surface area contributed by atoms with Crippen molar-refractivity contribution in [1.82, 2.24) is 15.5 Å². The second-order valence-corrected chi connectivity index (χ2v) is 5.06. The normalized spacial score (nSPS) is 10.7. The summed E-state index contributed by atoms with van der Waals surface area (Å²) in [5.74, 6) is 0.607. The SMILES string of the molecule is CCNCc1nnc(N(C)Cc2ccccc2Br)o1. The van der Waals surface area contributed by atoms with E-state index >= 15 is 0 Å². The summed E-state index contributed by atoms with van der Waals surface area (Å²) in [6.45, 7) is 4.23. The molecule has 0 atom stereocenters. The number of nitrogens with one attached hydrogen (secondary N) is 1. The minimum atomic E-state index is 0.531. The second-order valence-electron chi connectivity index (χ2n) is 4.21. The van der Waals surface area contributed by atoms with Gasteiger partial charge in [0.15, 0.2) is 0 Å². The van der Waals surface area contributed by atoms with E-state index < -0.39 is 0 Å². The topological polar surface area (TPSA) is 54.2 Å². The van der Waals surface area contributed by atoms with Crippen molar-refractivity contribution < 1.29 is 4.42 Å². The van der Waals surface area contributed by atoms with Crippen molar-refractivity contribution in [3.05, 3.63) is 40.2 Å². The Labute approximate surface area is 121 Å². The zero-order valence-corrected chi connectivity index (χ0v) is 12.6. The van der Waals surface area contributed by atoms with Gasteiger partial charge in [-0.1, -0.05) is 46.2 Å². The number of anilines is 1. The van der Waals surface area contributed by atoms with Gasteiger partial charge in [-0.15, -0.1) is 5.10 Å². The van der Waals surface area contributed by atoms with Gasteiger partial charge in [-0.05, 0) is 18.2 Å². The number of halogens is 1. The molecule has 1 heterocycles. The fourth-order valence-electron chi connectivity index (χ4n) is 1.65. The molecule has 6 heteroatoms. The third-order valence-corrected chi connectivity index (χ3v) is 3.45. The maximum absolute atomic E-state index is 5.59. The van der Waals surface area contributed by atoms with Crippen molar-refractivity contribution in [2.45, 2.75) is 20.0 Å². The lowest BCUT2D eigenvalue weighted by Crippen LogP contribution is -2.17. The molecule has 0 aliphatic heterocycles. The number of hydrogen-bond acceptors (Lipinski definition) is 5. The lowest BCUT2D eigenvalue weighted by Gasteiger charge is -2.14. The van der Waals surface area contributed by atoms with E-state index in [1.54, 1.807) is 0 Å². The molecule has 0 fully saturated rings. The fourth-order valence-corrected chi connectivity index (χ4v) is 2.06. The number of aromatic nitrogens is 2. The first kappa shape index (κ1) is 14.0. The molecule has 0 saturated carbocycles. The van der Waals surface area contributed by atoms with E-state index in [1.165, 1.54) is 5.56 Å². The maximum Gasteiger partial charge on any atom is 0.318 e. The average molecular weight is 325 g/mol. The molecule has 1 aromatic heterocycles. The summed E-state index contributed by atoms with van der Waals surface area (Å²) >= 11 is 3.53. The van der Waals surface area contributed by atoms with Gasteiger partial charge in [0.1, 0.15) is 0 Å². The van der Waals surface area contributed by atoms with Crippen LogP contribution in [-0.4, -0.2) is 23.8 Å². The number of nitrogens with zero attached hydrogens (tertiary/aromatic N) is 3. The Morgan fingerprint density at radius 1 is 1.32 bits per heavy atom. The molecule has 2 rings (SSSR count). The smallest absolute Gasteiger partial charge is 0.318 e. The highest BCUT2D eigenvalue weighted by Crippen LogP contribution is 2.20. The van der Waals surface area contributed by atoms with Gasteiger partial charge in [-0.2, -0.15) is 0 Å². The van der Waals surface area contributed by atoms with Crippen LogP contribution in [0.2, 0.25) is 0 Å². The van der Waals surface area contributed by atoms with Crippen LogP contribution in [0, 0.1) is 0 Å². The van der Waals surface area contributed by atoms with Crippen LogP contribution in [0.4, 0.5) is 6.01 Å². The molecule has 1 N–H and O–H groups in total. The second kappa shape index (κ2) is 6.68. The fraction of sp³-hybridized carbons (Fsp3) is 0.385. The first-order chi connectivity index (χ1) is 9.20. The molecule has 102 valence electrons. The van der Waals surface area contributed by atoms with Gasteiger partial charge < -0.3 is 14.6 Å². The Morgan fingerprint density at radius 2 is 2.11 bits per heavy atom. The quantitative estimate of drug-likeness (QED) is 0.885. The van der Waals surface area contributed by atoms with Crippen molar-refractivity contribution >= 4 is 21.9 Å². The van der Waals surface area contributed by atoms with Crippen LogP contribution in [0.1, 0.15) is 18.4 Å². The zero-order chi connectivity index (χ0) is 13.7. The highest BCUT2D eigenvalue weighted by Gasteiger charge is 2.11. The zero-order valence-electron chi connectivity index (χ0n) is 11.1. The Bertz CT molecular complexity index is 529. The monoisotopic (exact) mass is 324 g/mol. The molecule has 1 aromatic carbocycles. The minimum absolute atomic E-state index is 0.531. The van der Waals surface area contributed by atoms with Crippen molar-refractivity contribution in [1.29, 1.82) is 0 Å². The molecule has 0 unspecified atom stereocenters. The third-order valence-electron chi connectivity index (χ3n) is 2.67. The average Bonchev–Trinajstić information content (AvgIpc) is 2.88. The standard InChI is InChI=1S/C13H17BrN4O/c1-3-15-8-12-16-17-13(19-12)18(2)9-10-6-4-5-7-11(10)14/h4-7,15H,3,8-9H2,1-2H3. The molecule has 0 bridgehead atoms. The molecular weight excluding hydrogens is 308 g/mol. The van der Waals surface area contributed by atoms with Gasteiger partial charge in [-0.25, -0.2) is 0 Å². The van der Waals surface area contributed by atoms with E-state index in [2.05, 4.69) is 37.5 Å². The van der Waals surface area contributed by atoms with Crippen molar-refractivity contribution in [3.8, 4) is 0 Å². The van der Waals surface area contributed by atoms with Gasteiger partial charge in [0.05, 0.1) is 6.54 Å². The Morgan fingerprint density at radius 3 is 2.84 bits per heavy atom. The Balaban J connectivity index is 2.01. The molecule has 0 saturated heterocycles. The maximum atomic E-state index is 5.59. The van der Waals surface area contributed by atoms with Crippen LogP contribution in [0.3, 0.4) is 0 Å². The summed E-state index contributed by atoms with van der Waals surface area (Å²) < 4.78 is 6.66. The number of hydrogen-bond donors (Lipinski definition) is 1. The van der Waals surface area contributed by atoms with Crippen LogP contribution in [0.25, 0.3) is 0 Å². The first-order valence-corrected chi connectivity index (χ1v) is 6.97. The minimum Gasteiger partial charge on any atom is -0.407 e. The predicted molar refractivity (Wildman–Crippen MR) is 77.9 cm³/mol. The van der Waals surface area contributed by atoms with E-state index in [0.717, 1.165) is 11.0 Å². The van der Waals surface area contributed by atoms with E-state index in [9.17, 15) is 0 Å². The van der Waals surface area contributed by atoms with Crippen LogP contribution in [0.5, 0.6) is 0 Å². The summed E-state index contributed by atoms with van der Waals surface area (Å²) in [5, 5.41) is 11.2. The molecule has 0 spiro atoms. The highest BCUT2D eigenvalue weighted by molar-refractivity contribution is 9.10. The van der Waals surface area contributed by atoms with E-state index in [-0.39, 0.29) is 0 Å². The van der Waals surface area contributed by atoms with E-state index in [0.29, 0.717) is 25.0 Å². The molecule has 0 aliphatic carbocycles. The molecule has 2 aromatic rings. The van der Waals surface area contributed by atoms with Gasteiger partial charge >= 0.3 is 6.01 Å². The Hall–Kier alpha value is -1.40. The highest BCUT2D eigenvalue weighted by atomic mass is 79.9. The van der Waals surface area contributed by atoms with Gasteiger partial charge in [0, 0.05) is 18.1 Å². The van der Waals surface area contributed by atoms with E-state index in [4.69, 9.17) is 4.42 Å². The van der Waals surface area contributed by atoms with Crippen LogP contribution in [-0.2, 0) is 13.1 Å². The molecule has 5 nitrogen and oxygen atoms in total. The van der Waals surface area contributed by atoms with Crippen molar-refractivity contribution in [2.75, 3.05) is 18.5 Å². The van der Waals surface area contributed by atoms with Crippen LogP contribution in [0.15, 0.2) is 33.2 Å². The van der Waals surface area contributed by atoms with Crippen LogP contribution < -0.4 is 10.2 Å². The molecule has 0 amide bonds. The van der Waals surface area contributed by atoms with Crippen molar-refractivity contribution in [3.63, 3.8) is 0 Å². The summed E-state index contributed by atoms with van der Waals surface area (Å²) in [6.07, 6.45) is 0. The summed E-state index contributed by atoms with van der Waals surface area (Å²) in [4.78, 5) is 1.93. The van der Waals surface area contributed by atoms with Gasteiger partial charge in [-0.3, -0.25) is 0 Å². The van der Waals surface area contributed by atoms with E-state index in [1.807, 2.05) is 37.1 Å². The Kier molecular flexibility index (Phi) is 4.93. The lowest BCUT2D eigenvalue weighted by atomic mass is 10.2. The number of rotatable bonds is 6. The van der Waals surface area contributed by atoms with Crippen LogP contribution >= 0.6 is 15.9 Å². The molecule has 0 radical (unpaired) electrons. The largest absolute Gasteiger partial charge is 0.407 e. The summed E-state index contributed by atoms with van der Waals surface area (Å²) in [7, 11) is 1.93. The third kappa shape index (κ3) is 3.78. The number of benzene rings is 1. The molecule has 0 aliphatic rings. The van der Waals surface area contributed by atoms with Gasteiger partial charge in [0.25, 0.3) is 0 Å². The van der Waals surface area contributed by atoms with Crippen molar-refractivity contribution in [2.24, 2.45) is 0 Å².